The molecule has 29 heavy (non-hydrogen) atoms. The molecule has 1 heterocycles. The molecule has 1 fully saturated rings. The predicted molar refractivity (Wildman–Crippen MR) is 93.9 cm³/mol. The van der Waals surface area contributed by atoms with Crippen molar-refractivity contribution in [3.8, 4) is 0 Å². The lowest BCUT2D eigenvalue weighted by Gasteiger charge is -2.16. The minimum absolute atomic E-state index is 0.0638. The van der Waals surface area contributed by atoms with Crippen LogP contribution in [0.1, 0.15) is 34.6 Å². The monoisotopic (exact) mass is 416 g/mol. The van der Waals surface area contributed by atoms with Crippen LogP contribution in [0.15, 0.2) is 48.5 Å². The average molecular weight is 416 g/mol. The van der Waals surface area contributed by atoms with Crippen molar-refractivity contribution in [1.82, 2.24) is 10.6 Å². The van der Waals surface area contributed by atoms with E-state index in [0.29, 0.717) is 25.1 Å². The summed E-state index contributed by atoms with van der Waals surface area (Å²) in [7, 11) is 0. The van der Waals surface area contributed by atoms with Crippen molar-refractivity contribution in [1.29, 1.82) is 0 Å². The fourth-order valence-corrected chi connectivity index (χ4v) is 3.35. The molecule has 2 aromatic rings. The van der Waals surface area contributed by atoms with Crippen LogP contribution in [0.4, 0.5) is 26.3 Å². The minimum Gasteiger partial charge on any atom is -0.351 e. The lowest BCUT2D eigenvalue weighted by Crippen LogP contribution is -2.40. The van der Waals surface area contributed by atoms with Gasteiger partial charge in [-0.15, -0.1) is 0 Å². The van der Waals surface area contributed by atoms with E-state index in [-0.39, 0.29) is 17.5 Å². The molecule has 156 valence electrons. The fraction of sp³-hybridized carbons (Fsp3) is 0.350. The number of carbonyl (C=O) groups is 1. The number of alkyl halides is 6. The number of carbonyl (C=O) groups excluding carboxylic acids is 1. The van der Waals surface area contributed by atoms with Gasteiger partial charge < -0.3 is 10.6 Å². The predicted octanol–water partition coefficient (Wildman–Crippen LogP) is 4.49. The summed E-state index contributed by atoms with van der Waals surface area (Å²) in [6, 6.07) is 10.3. The maximum absolute atomic E-state index is 12.9. The van der Waals surface area contributed by atoms with E-state index in [4.69, 9.17) is 0 Å². The van der Waals surface area contributed by atoms with Crippen LogP contribution in [0, 0.1) is 0 Å². The Bertz CT molecular complexity index is 831. The summed E-state index contributed by atoms with van der Waals surface area (Å²) in [6.07, 6.45) is -9.35. The topological polar surface area (TPSA) is 41.1 Å². The Balaban J connectivity index is 1.67. The molecule has 2 N–H and O–H groups in total. The van der Waals surface area contributed by atoms with Gasteiger partial charge >= 0.3 is 12.4 Å². The van der Waals surface area contributed by atoms with Crippen LogP contribution in [0.25, 0.3) is 0 Å². The van der Waals surface area contributed by atoms with E-state index >= 15 is 0 Å². The molecular formula is C20H18F6N2O. The van der Waals surface area contributed by atoms with Crippen molar-refractivity contribution >= 4 is 5.91 Å². The lowest BCUT2D eigenvalue weighted by atomic mass is 9.96. The molecule has 3 rings (SSSR count). The Labute approximate surface area is 163 Å². The number of benzene rings is 2. The number of rotatable bonds is 4. The van der Waals surface area contributed by atoms with Gasteiger partial charge in [0.2, 0.25) is 5.91 Å². The van der Waals surface area contributed by atoms with Gasteiger partial charge in [0.25, 0.3) is 0 Å². The lowest BCUT2D eigenvalue weighted by molar-refractivity contribution is -0.143. The molecule has 1 aliphatic rings. The second-order valence-electron chi connectivity index (χ2n) is 6.94. The van der Waals surface area contributed by atoms with Gasteiger partial charge in [-0.2, -0.15) is 26.3 Å². The third-order valence-corrected chi connectivity index (χ3v) is 4.83. The van der Waals surface area contributed by atoms with Crippen molar-refractivity contribution < 1.29 is 31.1 Å². The zero-order valence-electron chi connectivity index (χ0n) is 15.1. The Kier molecular flexibility index (Phi) is 5.88. The summed E-state index contributed by atoms with van der Waals surface area (Å²) in [5.41, 5.74) is -2.01. The molecule has 2 unspecified atom stereocenters. The quantitative estimate of drug-likeness (QED) is 0.722. The third kappa shape index (κ3) is 5.29. The zero-order valence-corrected chi connectivity index (χ0v) is 15.1. The van der Waals surface area contributed by atoms with Gasteiger partial charge in [-0.05, 0) is 41.7 Å². The molecule has 0 spiro atoms. The number of hydrogen-bond acceptors (Lipinski definition) is 2. The van der Waals surface area contributed by atoms with Crippen LogP contribution in [-0.2, 0) is 23.7 Å². The van der Waals surface area contributed by atoms with Crippen LogP contribution >= 0.6 is 0 Å². The van der Waals surface area contributed by atoms with Crippen molar-refractivity contribution in [3.05, 3.63) is 70.8 Å². The summed E-state index contributed by atoms with van der Waals surface area (Å²) < 4.78 is 77.5. The summed E-state index contributed by atoms with van der Waals surface area (Å²) in [6.45, 7) is 0.129. The minimum atomic E-state index is -4.92. The number of hydrogen-bond donors (Lipinski definition) is 2. The van der Waals surface area contributed by atoms with E-state index in [0.717, 1.165) is 5.56 Å². The van der Waals surface area contributed by atoms with E-state index in [9.17, 15) is 31.1 Å². The average Bonchev–Trinajstić information content (AvgIpc) is 3.15. The normalized spacial score (nSPS) is 19.9. The van der Waals surface area contributed by atoms with Gasteiger partial charge in [0, 0.05) is 13.1 Å². The first kappa shape index (κ1) is 21.2. The summed E-state index contributed by atoms with van der Waals surface area (Å²) >= 11 is 0. The van der Waals surface area contributed by atoms with E-state index in [1.807, 2.05) is 30.3 Å². The maximum Gasteiger partial charge on any atom is 0.416 e. The molecule has 2 aromatic carbocycles. The summed E-state index contributed by atoms with van der Waals surface area (Å²) in [4.78, 5) is 12.3. The second-order valence-corrected chi connectivity index (χ2v) is 6.94. The largest absolute Gasteiger partial charge is 0.416 e. The SMILES string of the molecule is O=C(NCc1cc(C(F)(F)F)cc(C(F)(F)F)c1)C1CC(c2ccccc2)CN1. The molecule has 1 amide bonds. The van der Waals surface area contributed by atoms with Crippen LogP contribution < -0.4 is 10.6 Å². The van der Waals surface area contributed by atoms with Crippen molar-refractivity contribution in [2.24, 2.45) is 0 Å². The first-order valence-electron chi connectivity index (χ1n) is 8.88. The molecule has 1 aliphatic heterocycles. The van der Waals surface area contributed by atoms with Crippen molar-refractivity contribution in [3.63, 3.8) is 0 Å². The first-order chi connectivity index (χ1) is 13.5. The smallest absolute Gasteiger partial charge is 0.351 e. The molecule has 0 saturated carbocycles. The van der Waals surface area contributed by atoms with Gasteiger partial charge in [-0.3, -0.25) is 4.79 Å². The molecule has 9 heteroatoms. The van der Waals surface area contributed by atoms with Gasteiger partial charge in [0.1, 0.15) is 0 Å². The highest BCUT2D eigenvalue weighted by molar-refractivity contribution is 5.82. The van der Waals surface area contributed by atoms with E-state index in [1.165, 1.54) is 0 Å². The number of halogens is 6. The van der Waals surface area contributed by atoms with Crippen LogP contribution in [0.2, 0.25) is 0 Å². The molecule has 0 radical (unpaired) electrons. The molecule has 0 bridgehead atoms. The number of amides is 1. The highest BCUT2D eigenvalue weighted by Crippen LogP contribution is 2.36. The third-order valence-electron chi connectivity index (χ3n) is 4.83. The molecular weight excluding hydrogens is 398 g/mol. The van der Waals surface area contributed by atoms with Crippen LogP contribution in [-0.4, -0.2) is 18.5 Å². The molecule has 0 aromatic heterocycles. The van der Waals surface area contributed by atoms with Gasteiger partial charge in [0.05, 0.1) is 17.2 Å². The Morgan fingerprint density at radius 2 is 1.55 bits per heavy atom. The summed E-state index contributed by atoms with van der Waals surface area (Å²) in [5, 5.41) is 5.47. The van der Waals surface area contributed by atoms with Crippen molar-refractivity contribution in [2.45, 2.75) is 37.3 Å². The highest BCUT2D eigenvalue weighted by atomic mass is 19.4. The number of nitrogens with one attached hydrogen (secondary N) is 2. The van der Waals surface area contributed by atoms with E-state index < -0.39 is 42.0 Å². The molecule has 0 aliphatic carbocycles. The van der Waals surface area contributed by atoms with Gasteiger partial charge in [-0.25, -0.2) is 0 Å². The summed E-state index contributed by atoms with van der Waals surface area (Å²) in [5.74, 6) is -0.355. The van der Waals surface area contributed by atoms with E-state index in [1.54, 1.807) is 0 Å². The fourth-order valence-electron chi connectivity index (χ4n) is 3.35. The molecule has 2 atom stereocenters. The van der Waals surface area contributed by atoms with Crippen LogP contribution in [0.3, 0.4) is 0 Å². The second kappa shape index (κ2) is 8.06. The molecule has 3 nitrogen and oxygen atoms in total. The van der Waals surface area contributed by atoms with Gasteiger partial charge in [-0.1, -0.05) is 30.3 Å². The Hall–Kier alpha value is -2.55. The maximum atomic E-state index is 12.9. The Morgan fingerprint density at radius 3 is 2.10 bits per heavy atom. The van der Waals surface area contributed by atoms with Crippen LogP contribution in [0.5, 0.6) is 0 Å². The van der Waals surface area contributed by atoms with Crippen molar-refractivity contribution in [2.75, 3.05) is 6.54 Å². The zero-order chi connectivity index (χ0) is 21.2. The van der Waals surface area contributed by atoms with E-state index in [2.05, 4.69) is 10.6 Å². The first-order valence-corrected chi connectivity index (χ1v) is 8.88. The molecule has 1 saturated heterocycles. The Morgan fingerprint density at radius 1 is 0.966 bits per heavy atom. The van der Waals surface area contributed by atoms with Gasteiger partial charge in [0.15, 0.2) is 0 Å². The highest BCUT2D eigenvalue weighted by Gasteiger charge is 2.37. The standard InChI is InChI=1S/C20H18F6N2O/c21-19(22,23)15-6-12(7-16(9-15)20(24,25)26)10-28-18(29)17-8-14(11-27-17)13-4-2-1-3-5-13/h1-7,9,14,17,27H,8,10-11H2,(H,28,29).